The van der Waals surface area contributed by atoms with Crippen molar-refractivity contribution in [3.8, 4) is 0 Å². The number of benzene rings is 2. The van der Waals surface area contributed by atoms with Crippen molar-refractivity contribution in [3.63, 3.8) is 0 Å². The highest BCUT2D eigenvalue weighted by Gasteiger charge is 2.43. The lowest BCUT2D eigenvalue weighted by atomic mass is 9.92. The standard InChI is InChI=1S/C18H14F3NO2/c19-18(20,21)15-9-5-4-8-13(15)14-10-16(23)22(17(14)24)11-12-6-2-1-3-7-12/h1-9,14H,10-11H2/t14-/m1/s1. The van der Waals surface area contributed by atoms with Gasteiger partial charge in [-0.25, -0.2) is 0 Å². The molecule has 1 saturated heterocycles. The first-order valence-corrected chi connectivity index (χ1v) is 7.42. The summed E-state index contributed by atoms with van der Waals surface area (Å²) in [6.07, 6.45) is -4.80. The summed E-state index contributed by atoms with van der Waals surface area (Å²) in [4.78, 5) is 25.7. The molecule has 1 fully saturated rings. The molecule has 0 radical (unpaired) electrons. The molecule has 0 bridgehead atoms. The van der Waals surface area contributed by atoms with Crippen LogP contribution in [0, 0.1) is 0 Å². The van der Waals surface area contributed by atoms with Crippen LogP contribution in [0.4, 0.5) is 13.2 Å². The van der Waals surface area contributed by atoms with Gasteiger partial charge < -0.3 is 0 Å². The van der Waals surface area contributed by atoms with Gasteiger partial charge in [-0.05, 0) is 17.2 Å². The first-order valence-electron chi connectivity index (χ1n) is 7.42. The second-order valence-electron chi connectivity index (χ2n) is 5.65. The molecule has 0 aliphatic carbocycles. The van der Waals surface area contributed by atoms with E-state index in [1.165, 1.54) is 18.2 Å². The molecule has 24 heavy (non-hydrogen) atoms. The Labute approximate surface area is 136 Å². The Morgan fingerprint density at radius 3 is 2.25 bits per heavy atom. The molecule has 1 aliphatic rings. The van der Waals surface area contributed by atoms with Crippen molar-refractivity contribution < 1.29 is 22.8 Å². The third kappa shape index (κ3) is 3.04. The average Bonchev–Trinajstić information content (AvgIpc) is 2.83. The number of imide groups is 1. The summed E-state index contributed by atoms with van der Waals surface area (Å²) in [5.74, 6) is -2.12. The Kier molecular flexibility index (Phi) is 4.13. The maximum atomic E-state index is 13.2. The van der Waals surface area contributed by atoms with Gasteiger partial charge in [0.05, 0.1) is 18.0 Å². The van der Waals surface area contributed by atoms with Gasteiger partial charge in [0.1, 0.15) is 0 Å². The lowest BCUT2D eigenvalue weighted by Gasteiger charge is -2.18. The molecule has 0 spiro atoms. The second-order valence-corrected chi connectivity index (χ2v) is 5.65. The molecule has 1 heterocycles. The summed E-state index contributed by atoms with van der Waals surface area (Å²) in [6.45, 7) is 0.0726. The van der Waals surface area contributed by atoms with E-state index in [2.05, 4.69) is 0 Å². The lowest BCUT2D eigenvalue weighted by molar-refractivity contribution is -0.139. The van der Waals surface area contributed by atoms with Crippen molar-refractivity contribution in [2.45, 2.75) is 25.1 Å². The summed E-state index contributed by atoms with van der Waals surface area (Å²) in [6, 6.07) is 13.8. The van der Waals surface area contributed by atoms with E-state index in [-0.39, 0.29) is 18.5 Å². The first-order chi connectivity index (χ1) is 11.4. The topological polar surface area (TPSA) is 37.4 Å². The number of nitrogens with zero attached hydrogens (tertiary/aromatic N) is 1. The minimum atomic E-state index is -4.56. The van der Waals surface area contributed by atoms with Crippen molar-refractivity contribution in [2.75, 3.05) is 0 Å². The number of likely N-dealkylation sites (tertiary alicyclic amines) is 1. The van der Waals surface area contributed by atoms with Crippen molar-refractivity contribution in [1.29, 1.82) is 0 Å². The van der Waals surface area contributed by atoms with Gasteiger partial charge in [-0.3, -0.25) is 14.5 Å². The van der Waals surface area contributed by atoms with Gasteiger partial charge in [0.25, 0.3) is 0 Å². The van der Waals surface area contributed by atoms with Crippen molar-refractivity contribution in [1.82, 2.24) is 4.90 Å². The predicted octanol–water partition coefficient (Wildman–Crippen LogP) is 3.75. The zero-order valence-electron chi connectivity index (χ0n) is 12.6. The summed E-state index contributed by atoms with van der Waals surface area (Å²) >= 11 is 0. The fraction of sp³-hybridized carbons (Fsp3) is 0.222. The van der Waals surface area contributed by atoms with Gasteiger partial charge in [-0.15, -0.1) is 0 Å². The number of hydrogen-bond donors (Lipinski definition) is 0. The molecule has 3 rings (SSSR count). The largest absolute Gasteiger partial charge is 0.416 e. The van der Waals surface area contributed by atoms with E-state index >= 15 is 0 Å². The summed E-state index contributed by atoms with van der Waals surface area (Å²) in [5.41, 5.74) is -0.249. The first kappa shape index (κ1) is 16.2. The molecule has 1 aliphatic heterocycles. The zero-order chi connectivity index (χ0) is 17.3. The average molecular weight is 333 g/mol. The molecule has 0 unspecified atom stereocenters. The van der Waals surface area contributed by atoms with Gasteiger partial charge >= 0.3 is 6.18 Å². The zero-order valence-corrected chi connectivity index (χ0v) is 12.6. The molecular weight excluding hydrogens is 319 g/mol. The second kappa shape index (κ2) is 6.11. The fourth-order valence-corrected chi connectivity index (χ4v) is 2.92. The van der Waals surface area contributed by atoms with E-state index in [1.807, 2.05) is 0 Å². The normalized spacial score (nSPS) is 18.3. The minimum Gasteiger partial charge on any atom is -0.278 e. The van der Waals surface area contributed by atoms with Crippen LogP contribution >= 0.6 is 0 Å². The number of alkyl halides is 3. The summed E-state index contributed by atoms with van der Waals surface area (Å²) in [7, 11) is 0. The van der Waals surface area contributed by atoms with Crippen molar-refractivity contribution in [3.05, 3.63) is 71.3 Å². The number of rotatable bonds is 3. The van der Waals surface area contributed by atoms with Crippen LogP contribution in [0.2, 0.25) is 0 Å². The van der Waals surface area contributed by atoms with Crippen LogP contribution in [0.25, 0.3) is 0 Å². The molecule has 0 N–H and O–H groups in total. The van der Waals surface area contributed by atoms with E-state index in [0.717, 1.165) is 16.5 Å². The van der Waals surface area contributed by atoms with Crippen LogP contribution in [0.3, 0.4) is 0 Å². The molecule has 124 valence electrons. The molecule has 2 aromatic carbocycles. The Balaban J connectivity index is 1.90. The van der Waals surface area contributed by atoms with Crippen LogP contribution in [0.1, 0.15) is 29.0 Å². The van der Waals surface area contributed by atoms with Gasteiger partial charge in [-0.1, -0.05) is 48.5 Å². The highest BCUT2D eigenvalue weighted by Crippen LogP contribution is 2.39. The Bertz CT molecular complexity index is 771. The number of hydrogen-bond acceptors (Lipinski definition) is 2. The van der Waals surface area contributed by atoms with Gasteiger partial charge in [-0.2, -0.15) is 13.2 Å². The van der Waals surface area contributed by atoms with Crippen LogP contribution in [0.5, 0.6) is 0 Å². The van der Waals surface area contributed by atoms with Crippen LogP contribution in [-0.4, -0.2) is 16.7 Å². The summed E-state index contributed by atoms with van der Waals surface area (Å²) < 4.78 is 39.5. The van der Waals surface area contributed by atoms with Gasteiger partial charge in [0, 0.05) is 6.42 Å². The van der Waals surface area contributed by atoms with Crippen LogP contribution in [0.15, 0.2) is 54.6 Å². The fourth-order valence-electron chi connectivity index (χ4n) is 2.92. The number of carbonyl (C=O) groups excluding carboxylic acids is 2. The molecule has 2 amide bonds. The number of amides is 2. The Morgan fingerprint density at radius 2 is 1.58 bits per heavy atom. The maximum Gasteiger partial charge on any atom is 0.416 e. The van der Waals surface area contributed by atoms with E-state index in [0.29, 0.717) is 0 Å². The number of halogens is 3. The minimum absolute atomic E-state index is 0.0726. The number of carbonyl (C=O) groups is 2. The third-order valence-electron chi connectivity index (χ3n) is 4.07. The van der Waals surface area contributed by atoms with E-state index in [1.54, 1.807) is 30.3 Å². The van der Waals surface area contributed by atoms with Gasteiger partial charge in [0.15, 0.2) is 0 Å². The summed E-state index contributed by atoms with van der Waals surface area (Å²) in [5, 5.41) is 0. The molecular formula is C18H14F3NO2. The molecule has 0 aromatic heterocycles. The quantitative estimate of drug-likeness (QED) is 0.802. The lowest BCUT2D eigenvalue weighted by Crippen LogP contribution is -2.30. The highest BCUT2D eigenvalue weighted by molar-refractivity contribution is 6.06. The Hall–Kier alpha value is -2.63. The van der Waals surface area contributed by atoms with Gasteiger partial charge in [0.2, 0.25) is 11.8 Å². The Morgan fingerprint density at radius 1 is 0.958 bits per heavy atom. The van der Waals surface area contributed by atoms with Crippen molar-refractivity contribution >= 4 is 11.8 Å². The maximum absolute atomic E-state index is 13.2. The van der Waals surface area contributed by atoms with Crippen molar-refractivity contribution in [2.24, 2.45) is 0 Å². The van der Waals surface area contributed by atoms with Crippen LogP contribution < -0.4 is 0 Å². The van der Waals surface area contributed by atoms with E-state index in [9.17, 15) is 22.8 Å². The van der Waals surface area contributed by atoms with Crippen LogP contribution in [-0.2, 0) is 22.3 Å². The van der Waals surface area contributed by atoms with E-state index in [4.69, 9.17) is 0 Å². The monoisotopic (exact) mass is 333 g/mol. The molecule has 6 heteroatoms. The highest BCUT2D eigenvalue weighted by atomic mass is 19.4. The predicted molar refractivity (Wildman–Crippen MR) is 80.8 cm³/mol. The molecule has 2 aromatic rings. The molecule has 0 saturated carbocycles. The van der Waals surface area contributed by atoms with E-state index < -0.39 is 29.5 Å². The molecule has 3 nitrogen and oxygen atoms in total. The molecule has 1 atom stereocenters. The SMILES string of the molecule is O=C1C[C@H](c2ccccc2C(F)(F)F)C(=O)N1Cc1ccccc1. The smallest absolute Gasteiger partial charge is 0.278 e. The third-order valence-corrected chi connectivity index (χ3v) is 4.07.